The number of carbonyl (C=O) groups is 1. The van der Waals surface area contributed by atoms with Crippen LogP contribution < -0.4 is 14.8 Å². The second kappa shape index (κ2) is 10.1. The predicted molar refractivity (Wildman–Crippen MR) is 151 cm³/mol. The topological polar surface area (TPSA) is 93.9 Å². The van der Waals surface area contributed by atoms with E-state index in [0.29, 0.717) is 45.4 Å². The molecule has 0 radical (unpaired) electrons. The average Bonchev–Trinajstić information content (AvgIpc) is 3.57. The molecule has 3 aliphatic rings. The molecule has 4 atom stereocenters. The summed E-state index contributed by atoms with van der Waals surface area (Å²) in [5, 5.41) is 16.4. The first kappa shape index (κ1) is 26.1. The fourth-order valence-corrected chi connectivity index (χ4v) is 7.49. The maximum Gasteiger partial charge on any atom is 0.256 e. The zero-order chi connectivity index (χ0) is 27.3. The van der Waals surface area contributed by atoms with Crippen LogP contribution in [0.5, 0.6) is 11.5 Å². The Bertz CT molecular complexity index is 1470. The minimum atomic E-state index is -1.37. The molecule has 1 N–H and O–H groups in total. The molecule has 3 aromatic rings. The summed E-state index contributed by atoms with van der Waals surface area (Å²) in [5.74, 6) is 0.118. The molecule has 8 nitrogen and oxygen atoms in total. The molecule has 10 heteroatoms. The Balaban J connectivity index is 1.45. The van der Waals surface area contributed by atoms with Crippen LogP contribution in [0.1, 0.15) is 42.4 Å². The van der Waals surface area contributed by atoms with Crippen molar-refractivity contribution in [1.29, 1.82) is 0 Å². The Morgan fingerprint density at radius 1 is 1.18 bits per heavy atom. The summed E-state index contributed by atoms with van der Waals surface area (Å²) < 4.78 is 12.8. The van der Waals surface area contributed by atoms with Crippen molar-refractivity contribution in [2.75, 3.05) is 18.5 Å². The number of amides is 1. The first-order valence-electron chi connectivity index (χ1n) is 13.0. The lowest BCUT2D eigenvalue weighted by atomic mass is 9.77. The first-order valence-corrected chi connectivity index (χ1v) is 14.2. The Morgan fingerprint density at radius 3 is 2.72 bits per heavy atom. The van der Waals surface area contributed by atoms with Gasteiger partial charge < -0.3 is 14.8 Å². The van der Waals surface area contributed by atoms with Crippen LogP contribution in [0.4, 0.5) is 5.69 Å². The number of fused-ring (bicyclic) bond motifs is 4. The standard InChI is InChI=1S/C29H27BrClN3O5/c1-2-38-24-15-18(14-20(30)26(24)39-16-17-8-3-5-10-21(17)31)25-23-12-7-13-33(23)29(27(25)34(36)37)19-9-4-6-11-22(19)32-28(29)35/h3-6,8-11,14-15,23,25,27H,2,7,12-13,16H2,1H3,(H,32,35)/t23-,25+,27-,29+/m0/s1. The van der Waals surface area contributed by atoms with Crippen LogP contribution in [-0.2, 0) is 16.9 Å². The quantitative estimate of drug-likeness (QED) is 0.255. The third kappa shape index (κ3) is 4.01. The molecule has 2 fully saturated rings. The molecule has 0 unspecified atom stereocenters. The van der Waals surface area contributed by atoms with Crippen molar-refractivity contribution in [3.05, 3.63) is 97.0 Å². The molecule has 39 heavy (non-hydrogen) atoms. The van der Waals surface area contributed by atoms with E-state index < -0.39 is 17.5 Å². The highest BCUT2D eigenvalue weighted by molar-refractivity contribution is 9.10. The number of carbonyl (C=O) groups excluding carboxylic acids is 1. The van der Waals surface area contributed by atoms with Crippen molar-refractivity contribution in [3.8, 4) is 11.5 Å². The fourth-order valence-electron chi connectivity index (χ4n) is 6.72. The second-order valence-electron chi connectivity index (χ2n) is 10.1. The van der Waals surface area contributed by atoms with Crippen LogP contribution in [0.25, 0.3) is 0 Å². The number of hydrogen-bond donors (Lipinski definition) is 1. The van der Waals surface area contributed by atoms with Crippen molar-refractivity contribution < 1.29 is 19.2 Å². The number of nitrogens with zero attached hydrogens (tertiary/aromatic N) is 2. The van der Waals surface area contributed by atoms with Gasteiger partial charge in [-0.1, -0.05) is 48.0 Å². The second-order valence-corrected chi connectivity index (χ2v) is 11.3. The van der Waals surface area contributed by atoms with Gasteiger partial charge in [-0.3, -0.25) is 19.8 Å². The molecule has 1 amide bonds. The zero-order valence-electron chi connectivity index (χ0n) is 21.2. The molecule has 0 aromatic heterocycles. The molecule has 2 saturated heterocycles. The van der Waals surface area contributed by atoms with Crippen molar-refractivity contribution >= 4 is 39.1 Å². The highest BCUT2D eigenvalue weighted by atomic mass is 79.9. The molecule has 0 saturated carbocycles. The maximum atomic E-state index is 13.7. The molecule has 3 heterocycles. The van der Waals surface area contributed by atoms with Crippen LogP contribution in [0.3, 0.4) is 0 Å². The zero-order valence-corrected chi connectivity index (χ0v) is 23.6. The van der Waals surface area contributed by atoms with Gasteiger partial charge in [0.1, 0.15) is 6.61 Å². The third-order valence-electron chi connectivity index (χ3n) is 8.14. The molecular weight excluding hydrogens is 586 g/mol. The monoisotopic (exact) mass is 611 g/mol. The summed E-state index contributed by atoms with van der Waals surface area (Å²) in [6.07, 6.45) is 1.62. The van der Waals surface area contributed by atoms with Gasteiger partial charge in [-0.15, -0.1) is 0 Å². The maximum absolute atomic E-state index is 13.7. The van der Waals surface area contributed by atoms with E-state index in [9.17, 15) is 14.9 Å². The van der Waals surface area contributed by atoms with Crippen molar-refractivity contribution in [3.63, 3.8) is 0 Å². The van der Waals surface area contributed by atoms with Gasteiger partial charge in [-0.25, -0.2) is 0 Å². The number of anilines is 1. The van der Waals surface area contributed by atoms with Crippen LogP contribution in [0.2, 0.25) is 5.02 Å². The first-order chi connectivity index (χ1) is 18.9. The number of benzene rings is 3. The lowest BCUT2D eigenvalue weighted by molar-refractivity contribution is -0.534. The number of rotatable bonds is 7. The molecule has 0 aliphatic carbocycles. The Morgan fingerprint density at radius 2 is 1.95 bits per heavy atom. The van der Waals surface area contributed by atoms with Crippen molar-refractivity contribution in [2.45, 2.75) is 49.9 Å². The summed E-state index contributed by atoms with van der Waals surface area (Å²) in [6, 6.07) is 17.1. The molecule has 3 aromatic carbocycles. The van der Waals surface area contributed by atoms with Crippen LogP contribution in [0, 0.1) is 10.1 Å². The van der Waals surface area contributed by atoms with E-state index in [4.69, 9.17) is 21.1 Å². The van der Waals surface area contributed by atoms with Gasteiger partial charge in [0, 0.05) is 39.3 Å². The van der Waals surface area contributed by atoms with Gasteiger partial charge in [0.2, 0.25) is 0 Å². The minimum Gasteiger partial charge on any atom is -0.490 e. The summed E-state index contributed by atoms with van der Waals surface area (Å²) in [4.78, 5) is 28.4. The lowest BCUT2D eigenvalue weighted by Crippen LogP contribution is -2.55. The van der Waals surface area contributed by atoms with Gasteiger partial charge in [0.15, 0.2) is 17.0 Å². The van der Waals surface area contributed by atoms with Crippen molar-refractivity contribution in [1.82, 2.24) is 4.90 Å². The third-order valence-corrected chi connectivity index (χ3v) is 9.10. The lowest BCUT2D eigenvalue weighted by Gasteiger charge is -2.32. The molecule has 6 rings (SSSR count). The minimum absolute atomic E-state index is 0.173. The normalized spacial score (nSPS) is 25.4. The van der Waals surface area contributed by atoms with Crippen LogP contribution in [0.15, 0.2) is 65.1 Å². The Hall–Kier alpha value is -3.14. The molecule has 0 bridgehead atoms. The van der Waals surface area contributed by atoms with Gasteiger partial charge in [0.25, 0.3) is 11.9 Å². The largest absolute Gasteiger partial charge is 0.490 e. The highest BCUT2D eigenvalue weighted by Gasteiger charge is 2.73. The van der Waals surface area contributed by atoms with Gasteiger partial charge in [-0.05, 0) is 65.5 Å². The molecule has 3 aliphatic heterocycles. The molecule has 1 spiro atoms. The Labute approximate surface area is 239 Å². The number of para-hydroxylation sites is 1. The molecular formula is C29H27BrClN3O5. The summed E-state index contributed by atoms with van der Waals surface area (Å²) >= 11 is 9.97. The summed E-state index contributed by atoms with van der Waals surface area (Å²) in [7, 11) is 0. The number of ether oxygens (including phenoxy) is 2. The van der Waals surface area contributed by atoms with E-state index in [-0.39, 0.29) is 23.5 Å². The number of hydrogen-bond acceptors (Lipinski definition) is 6. The summed E-state index contributed by atoms with van der Waals surface area (Å²) in [5.41, 5.74) is 1.51. The van der Waals surface area contributed by atoms with E-state index >= 15 is 0 Å². The smallest absolute Gasteiger partial charge is 0.256 e. The van der Waals surface area contributed by atoms with Crippen LogP contribution in [-0.4, -0.2) is 41.0 Å². The van der Waals surface area contributed by atoms with Gasteiger partial charge >= 0.3 is 0 Å². The van der Waals surface area contributed by atoms with Crippen LogP contribution >= 0.6 is 27.5 Å². The highest BCUT2D eigenvalue weighted by Crippen LogP contribution is 2.58. The van der Waals surface area contributed by atoms with Crippen molar-refractivity contribution in [2.24, 2.45) is 0 Å². The van der Waals surface area contributed by atoms with E-state index in [0.717, 1.165) is 24.0 Å². The SMILES string of the molecule is CCOc1cc([C@H]2[C@H]([N+](=O)[O-])[C@]3(C(=O)Nc4ccccc43)N3CCC[C@@H]23)cc(Br)c1OCc1ccccc1Cl. The number of nitro groups is 1. The van der Waals surface area contributed by atoms with E-state index in [1.165, 1.54) is 0 Å². The molecule has 202 valence electrons. The Kier molecular flexibility index (Phi) is 6.77. The van der Waals surface area contributed by atoms with E-state index in [2.05, 4.69) is 26.1 Å². The number of nitrogens with one attached hydrogen (secondary N) is 1. The fraction of sp³-hybridized carbons (Fsp3) is 0.345. The average molecular weight is 613 g/mol. The van der Waals surface area contributed by atoms with E-state index in [1.54, 1.807) is 6.07 Å². The summed E-state index contributed by atoms with van der Waals surface area (Å²) in [6.45, 7) is 3.11. The predicted octanol–water partition coefficient (Wildman–Crippen LogP) is 6.13. The van der Waals surface area contributed by atoms with E-state index in [1.807, 2.05) is 61.5 Å². The van der Waals surface area contributed by atoms with Gasteiger partial charge in [0.05, 0.1) is 17.0 Å². The number of halogens is 2. The van der Waals surface area contributed by atoms with Gasteiger partial charge in [-0.2, -0.15) is 0 Å².